The van der Waals surface area contributed by atoms with Crippen molar-refractivity contribution in [2.45, 2.75) is 52.5 Å². The smallest absolute Gasteiger partial charge is 0.0823 e. The lowest BCUT2D eigenvalue weighted by molar-refractivity contribution is 0.170. The Morgan fingerprint density at radius 1 is 1.38 bits per heavy atom. The zero-order valence-electron chi connectivity index (χ0n) is 10.9. The molecule has 94 valence electrons. The Bertz CT molecular complexity index is 206. The Labute approximate surface area is 99.4 Å². The van der Waals surface area contributed by atoms with Crippen molar-refractivity contribution in [3.8, 4) is 0 Å². The van der Waals surface area contributed by atoms with Gasteiger partial charge in [0.25, 0.3) is 0 Å². The van der Waals surface area contributed by atoms with Gasteiger partial charge in [0, 0.05) is 6.04 Å². The second-order valence-corrected chi connectivity index (χ2v) is 5.59. The molecule has 3 heteroatoms. The Kier molecular flexibility index (Phi) is 5.96. The van der Waals surface area contributed by atoms with Crippen molar-refractivity contribution < 1.29 is 0 Å². The molecule has 0 aromatic heterocycles. The van der Waals surface area contributed by atoms with Crippen LogP contribution in [0.3, 0.4) is 0 Å². The fourth-order valence-corrected chi connectivity index (χ4v) is 2.87. The van der Waals surface area contributed by atoms with E-state index in [1.54, 1.807) is 0 Å². The van der Waals surface area contributed by atoms with Crippen molar-refractivity contribution in [2.24, 2.45) is 22.9 Å². The molecule has 3 atom stereocenters. The largest absolute Gasteiger partial charge is 0.314 e. The Balaban J connectivity index is 2.35. The highest BCUT2D eigenvalue weighted by atomic mass is 16.3. The SMILES string of the molecule is CC1CCC(C(C)C)C(NCCCN=O)C1. The molecule has 0 heterocycles. The fourth-order valence-electron chi connectivity index (χ4n) is 2.87. The highest BCUT2D eigenvalue weighted by Gasteiger charge is 2.29. The third-order valence-corrected chi connectivity index (χ3v) is 3.85. The second kappa shape index (κ2) is 7.00. The molecule has 0 radical (unpaired) electrons. The van der Waals surface area contributed by atoms with E-state index in [2.05, 4.69) is 31.3 Å². The van der Waals surface area contributed by atoms with E-state index in [1.165, 1.54) is 19.3 Å². The minimum absolute atomic E-state index is 0.446. The monoisotopic (exact) mass is 226 g/mol. The van der Waals surface area contributed by atoms with Gasteiger partial charge in [0.1, 0.15) is 0 Å². The van der Waals surface area contributed by atoms with Crippen molar-refractivity contribution in [2.75, 3.05) is 13.1 Å². The Morgan fingerprint density at radius 3 is 2.75 bits per heavy atom. The second-order valence-electron chi connectivity index (χ2n) is 5.59. The molecule has 0 aliphatic heterocycles. The minimum atomic E-state index is 0.446. The minimum Gasteiger partial charge on any atom is -0.314 e. The van der Waals surface area contributed by atoms with Gasteiger partial charge < -0.3 is 5.32 Å². The van der Waals surface area contributed by atoms with Crippen LogP contribution in [0.5, 0.6) is 0 Å². The van der Waals surface area contributed by atoms with E-state index in [4.69, 9.17) is 0 Å². The van der Waals surface area contributed by atoms with Crippen LogP contribution >= 0.6 is 0 Å². The predicted molar refractivity (Wildman–Crippen MR) is 68.4 cm³/mol. The van der Waals surface area contributed by atoms with Gasteiger partial charge in [-0.2, -0.15) is 4.91 Å². The quantitative estimate of drug-likeness (QED) is 0.558. The zero-order valence-corrected chi connectivity index (χ0v) is 10.9. The molecule has 0 aromatic carbocycles. The molecule has 1 saturated carbocycles. The van der Waals surface area contributed by atoms with Crippen molar-refractivity contribution in [3.05, 3.63) is 4.91 Å². The number of hydrogen-bond donors (Lipinski definition) is 1. The van der Waals surface area contributed by atoms with Crippen LogP contribution in [0, 0.1) is 22.7 Å². The summed E-state index contributed by atoms with van der Waals surface area (Å²) < 4.78 is 0. The summed E-state index contributed by atoms with van der Waals surface area (Å²) in [6.45, 7) is 8.37. The van der Waals surface area contributed by atoms with Gasteiger partial charge in [0.15, 0.2) is 0 Å². The molecule has 1 fully saturated rings. The summed E-state index contributed by atoms with van der Waals surface area (Å²) >= 11 is 0. The normalized spacial score (nSPS) is 30.6. The average molecular weight is 226 g/mol. The van der Waals surface area contributed by atoms with Gasteiger partial charge in [-0.25, -0.2) is 0 Å². The van der Waals surface area contributed by atoms with Gasteiger partial charge in [0.05, 0.1) is 6.54 Å². The molecule has 0 spiro atoms. The van der Waals surface area contributed by atoms with Crippen molar-refractivity contribution in [3.63, 3.8) is 0 Å². The molecular weight excluding hydrogens is 200 g/mol. The maximum absolute atomic E-state index is 10.0. The maximum atomic E-state index is 10.0. The zero-order chi connectivity index (χ0) is 12.0. The van der Waals surface area contributed by atoms with E-state index >= 15 is 0 Å². The van der Waals surface area contributed by atoms with Crippen LogP contribution in [0.15, 0.2) is 5.18 Å². The van der Waals surface area contributed by atoms with Crippen LogP contribution in [0.25, 0.3) is 0 Å². The molecule has 0 aromatic rings. The summed E-state index contributed by atoms with van der Waals surface area (Å²) in [4.78, 5) is 10.0. The topological polar surface area (TPSA) is 41.5 Å². The molecule has 3 nitrogen and oxygen atoms in total. The number of rotatable bonds is 6. The molecule has 1 rings (SSSR count). The molecule has 0 amide bonds. The van der Waals surface area contributed by atoms with Gasteiger partial charge in [-0.1, -0.05) is 32.4 Å². The number of hydrogen-bond acceptors (Lipinski definition) is 3. The van der Waals surface area contributed by atoms with E-state index < -0.39 is 0 Å². The summed E-state index contributed by atoms with van der Waals surface area (Å²) in [6, 6.07) is 0.649. The lowest BCUT2D eigenvalue weighted by Gasteiger charge is -2.38. The van der Waals surface area contributed by atoms with Crippen LogP contribution in [-0.2, 0) is 0 Å². The van der Waals surface area contributed by atoms with E-state index in [0.717, 1.165) is 30.7 Å². The van der Waals surface area contributed by atoms with Crippen LogP contribution in [0.1, 0.15) is 46.5 Å². The Morgan fingerprint density at radius 2 is 2.12 bits per heavy atom. The number of nitroso groups, excluding NO2 is 1. The maximum Gasteiger partial charge on any atom is 0.0823 e. The highest BCUT2D eigenvalue weighted by molar-refractivity contribution is 4.85. The van der Waals surface area contributed by atoms with Crippen LogP contribution < -0.4 is 5.32 Å². The lowest BCUT2D eigenvalue weighted by atomic mass is 9.74. The molecule has 1 N–H and O–H groups in total. The van der Waals surface area contributed by atoms with Crippen LogP contribution in [0.4, 0.5) is 0 Å². The van der Waals surface area contributed by atoms with E-state index in [9.17, 15) is 4.91 Å². The van der Waals surface area contributed by atoms with Crippen molar-refractivity contribution in [1.29, 1.82) is 0 Å². The van der Waals surface area contributed by atoms with E-state index in [-0.39, 0.29) is 0 Å². The highest BCUT2D eigenvalue weighted by Crippen LogP contribution is 2.33. The van der Waals surface area contributed by atoms with Crippen LogP contribution in [-0.4, -0.2) is 19.1 Å². The first-order valence-electron chi connectivity index (χ1n) is 6.67. The van der Waals surface area contributed by atoms with Gasteiger partial charge in [-0.3, -0.25) is 0 Å². The van der Waals surface area contributed by atoms with Gasteiger partial charge in [-0.15, -0.1) is 0 Å². The van der Waals surface area contributed by atoms with Gasteiger partial charge in [0.2, 0.25) is 0 Å². The van der Waals surface area contributed by atoms with Crippen molar-refractivity contribution in [1.82, 2.24) is 5.32 Å². The van der Waals surface area contributed by atoms with E-state index in [1.807, 2.05) is 0 Å². The van der Waals surface area contributed by atoms with Crippen LogP contribution in [0.2, 0.25) is 0 Å². The first kappa shape index (κ1) is 13.6. The number of nitrogens with one attached hydrogen (secondary N) is 1. The third-order valence-electron chi connectivity index (χ3n) is 3.85. The van der Waals surface area contributed by atoms with E-state index in [0.29, 0.717) is 12.6 Å². The summed E-state index contributed by atoms with van der Waals surface area (Å²) in [7, 11) is 0. The molecular formula is C13H26N2O. The molecule has 0 saturated heterocycles. The summed E-state index contributed by atoms with van der Waals surface area (Å²) in [5.74, 6) is 2.41. The Hall–Kier alpha value is -0.440. The summed E-state index contributed by atoms with van der Waals surface area (Å²) in [5, 5.41) is 6.52. The first-order valence-corrected chi connectivity index (χ1v) is 6.67. The van der Waals surface area contributed by atoms with Gasteiger partial charge in [-0.05, 0) is 43.6 Å². The molecule has 1 aliphatic rings. The predicted octanol–water partition coefficient (Wildman–Crippen LogP) is 3.19. The van der Waals surface area contributed by atoms with Gasteiger partial charge >= 0.3 is 0 Å². The average Bonchev–Trinajstić information content (AvgIpc) is 2.24. The standard InChI is InChI=1S/C13H26N2O/c1-10(2)12-6-5-11(3)9-13(12)14-7-4-8-15-16/h10-14H,4-9H2,1-3H3. The summed E-state index contributed by atoms with van der Waals surface area (Å²) in [6.07, 6.45) is 4.88. The first-order chi connectivity index (χ1) is 7.65. The van der Waals surface area contributed by atoms with Crippen molar-refractivity contribution >= 4 is 0 Å². The molecule has 3 unspecified atom stereocenters. The summed E-state index contributed by atoms with van der Waals surface area (Å²) in [5.41, 5.74) is 0. The number of nitrogens with zero attached hydrogens (tertiary/aromatic N) is 1. The molecule has 16 heavy (non-hydrogen) atoms. The molecule has 1 aliphatic carbocycles. The fraction of sp³-hybridized carbons (Fsp3) is 1.00. The lowest BCUT2D eigenvalue weighted by Crippen LogP contribution is -2.43. The molecule has 0 bridgehead atoms. The third kappa shape index (κ3) is 4.20.